The number of imide groups is 1. The molecule has 0 unspecified atom stereocenters. The number of aryl methyl sites for hydroxylation is 2. The molecule has 1 aliphatic heterocycles. The van der Waals surface area contributed by atoms with E-state index in [1.165, 1.54) is 4.90 Å². The molecule has 0 saturated carbocycles. The Bertz CT molecular complexity index is 542. The Morgan fingerprint density at radius 3 is 2.11 bits per heavy atom. The summed E-state index contributed by atoms with van der Waals surface area (Å²) in [6.45, 7) is 7.63. The van der Waals surface area contributed by atoms with Gasteiger partial charge in [-0.1, -0.05) is 13.8 Å². The number of benzene rings is 1. The number of anilines is 2. The van der Waals surface area contributed by atoms with Crippen LogP contribution in [0.25, 0.3) is 0 Å². The molecule has 102 valence electrons. The molecule has 0 bridgehead atoms. The fraction of sp³-hybridized carbons (Fsp3) is 0.467. The van der Waals surface area contributed by atoms with E-state index in [2.05, 4.69) is 0 Å². The van der Waals surface area contributed by atoms with E-state index in [1.54, 1.807) is 0 Å². The minimum Gasteiger partial charge on any atom is -0.399 e. The molecule has 2 rings (SSSR count). The molecular weight excluding hydrogens is 240 g/mol. The first-order valence-corrected chi connectivity index (χ1v) is 6.44. The maximum absolute atomic E-state index is 12.2. The Hall–Kier alpha value is -1.84. The molecule has 0 atom stereocenters. The zero-order valence-corrected chi connectivity index (χ0v) is 11.9. The fourth-order valence-electron chi connectivity index (χ4n) is 2.51. The number of hydrogen-bond donors (Lipinski definition) is 1. The molecule has 0 aliphatic carbocycles. The number of carbonyl (C=O) groups excluding carboxylic acids is 2. The molecule has 1 aromatic rings. The molecule has 2 N–H and O–H groups in total. The summed E-state index contributed by atoms with van der Waals surface area (Å²) in [6, 6.07) is 3.63. The number of hydrogen-bond acceptors (Lipinski definition) is 3. The van der Waals surface area contributed by atoms with Crippen molar-refractivity contribution in [1.82, 2.24) is 0 Å². The monoisotopic (exact) mass is 260 g/mol. The lowest BCUT2D eigenvalue weighted by Crippen LogP contribution is -2.46. The van der Waals surface area contributed by atoms with Crippen LogP contribution in [0.15, 0.2) is 12.1 Å². The molecule has 4 heteroatoms. The van der Waals surface area contributed by atoms with Crippen LogP contribution < -0.4 is 10.6 Å². The van der Waals surface area contributed by atoms with E-state index in [0.717, 1.165) is 11.1 Å². The van der Waals surface area contributed by atoms with Crippen molar-refractivity contribution in [2.24, 2.45) is 5.41 Å². The first-order chi connectivity index (χ1) is 8.71. The third kappa shape index (κ3) is 2.48. The highest BCUT2D eigenvalue weighted by Gasteiger charge is 2.38. The van der Waals surface area contributed by atoms with Crippen molar-refractivity contribution in [3.8, 4) is 0 Å². The predicted molar refractivity (Wildman–Crippen MR) is 75.8 cm³/mol. The van der Waals surface area contributed by atoms with Crippen LogP contribution >= 0.6 is 0 Å². The van der Waals surface area contributed by atoms with Crippen LogP contribution in [-0.4, -0.2) is 11.8 Å². The van der Waals surface area contributed by atoms with Crippen molar-refractivity contribution < 1.29 is 9.59 Å². The lowest BCUT2D eigenvalue weighted by molar-refractivity contribution is -0.132. The van der Waals surface area contributed by atoms with Gasteiger partial charge in [0, 0.05) is 18.5 Å². The van der Waals surface area contributed by atoms with Gasteiger partial charge >= 0.3 is 0 Å². The molecular formula is C15H20N2O2. The molecule has 0 radical (unpaired) electrons. The van der Waals surface area contributed by atoms with E-state index in [9.17, 15) is 9.59 Å². The highest BCUT2D eigenvalue weighted by atomic mass is 16.2. The molecule has 1 aliphatic rings. The van der Waals surface area contributed by atoms with E-state index in [1.807, 2.05) is 39.8 Å². The molecule has 1 saturated heterocycles. The quantitative estimate of drug-likeness (QED) is 0.623. The highest BCUT2D eigenvalue weighted by molar-refractivity contribution is 6.17. The van der Waals surface area contributed by atoms with Crippen LogP contribution in [0.1, 0.15) is 37.8 Å². The van der Waals surface area contributed by atoms with Gasteiger partial charge in [-0.2, -0.15) is 0 Å². The number of nitrogens with two attached hydrogens (primary N) is 1. The molecule has 2 amide bonds. The van der Waals surface area contributed by atoms with Crippen LogP contribution in [0.2, 0.25) is 0 Å². The first kappa shape index (κ1) is 13.6. The summed E-state index contributed by atoms with van der Waals surface area (Å²) in [5, 5.41) is 0. The lowest BCUT2D eigenvalue weighted by Gasteiger charge is -2.35. The van der Waals surface area contributed by atoms with Crippen LogP contribution in [-0.2, 0) is 9.59 Å². The Morgan fingerprint density at radius 1 is 1.05 bits per heavy atom. The van der Waals surface area contributed by atoms with Gasteiger partial charge in [-0.05, 0) is 42.5 Å². The van der Waals surface area contributed by atoms with E-state index in [4.69, 9.17) is 5.73 Å². The number of rotatable bonds is 1. The first-order valence-electron chi connectivity index (χ1n) is 6.44. The Balaban J connectivity index is 2.45. The summed E-state index contributed by atoms with van der Waals surface area (Å²) in [7, 11) is 0. The van der Waals surface area contributed by atoms with Gasteiger partial charge in [0.1, 0.15) is 0 Å². The van der Waals surface area contributed by atoms with E-state index >= 15 is 0 Å². The molecule has 0 aromatic heterocycles. The van der Waals surface area contributed by atoms with Gasteiger partial charge < -0.3 is 5.73 Å². The van der Waals surface area contributed by atoms with Crippen molar-refractivity contribution in [3.05, 3.63) is 23.3 Å². The van der Waals surface area contributed by atoms with Crippen LogP contribution in [0, 0.1) is 19.3 Å². The summed E-state index contributed by atoms with van der Waals surface area (Å²) >= 11 is 0. The van der Waals surface area contributed by atoms with Gasteiger partial charge in [-0.15, -0.1) is 0 Å². The van der Waals surface area contributed by atoms with Gasteiger partial charge in [0.05, 0.1) is 5.69 Å². The Kier molecular flexibility index (Phi) is 3.12. The minimum absolute atomic E-state index is 0.131. The van der Waals surface area contributed by atoms with Crippen molar-refractivity contribution in [3.63, 3.8) is 0 Å². The van der Waals surface area contributed by atoms with Crippen LogP contribution in [0.5, 0.6) is 0 Å². The largest absolute Gasteiger partial charge is 0.399 e. The van der Waals surface area contributed by atoms with Crippen molar-refractivity contribution in [2.45, 2.75) is 40.5 Å². The lowest BCUT2D eigenvalue weighted by atomic mass is 9.81. The van der Waals surface area contributed by atoms with Crippen LogP contribution in [0.4, 0.5) is 11.4 Å². The maximum Gasteiger partial charge on any atom is 0.234 e. The number of piperidine rings is 1. The molecule has 1 aromatic carbocycles. The maximum atomic E-state index is 12.2. The second kappa shape index (κ2) is 4.37. The number of amides is 2. The van der Waals surface area contributed by atoms with E-state index in [0.29, 0.717) is 24.2 Å². The Labute approximate surface area is 113 Å². The molecule has 1 fully saturated rings. The summed E-state index contributed by atoms with van der Waals surface area (Å²) in [4.78, 5) is 25.8. The van der Waals surface area contributed by atoms with Gasteiger partial charge in [0.15, 0.2) is 0 Å². The standard InChI is InChI=1S/C15H20N2O2/c1-9-6-12(10(2)5-11(9)16)17-13(18)7-15(3,4)8-14(17)19/h5-6H,7-8,16H2,1-4H3. The molecule has 1 heterocycles. The van der Waals surface area contributed by atoms with Gasteiger partial charge in [-0.3, -0.25) is 14.5 Å². The number of nitrogen functional groups attached to an aromatic ring is 1. The predicted octanol–water partition coefficient (Wildman–Crippen LogP) is 2.57. The number of carbonyl (C=O) groups is 2. The summed E-state index contributed by atoms with van der Waals surface area (Å²) in [5.41, 5.74) is 8.67. The van der Waals surface area contributed by atoms with E-state index < -0.39 is 0 Å². The summed E-state index contributed by atoms with van der Waals surface area (Å²) in [5.74, 6) is -0.262. The topological polar surface area (TPSA) is 63.4 Å². The van der Waals surface area contributed by atoms with Gasteiger partial charge in [0.25, 0.3) is 0 Å². The minimum atomic E-state index is -0.249. The SMILES string of the molecule is Cc1cc(N2C(=O)CC(C)(C)CC2=O)c(C)cc1N. The van der Waals surface area contributed by atoms with Crippen molar-refractivity contribution in [2.75, 3.05) is 10.6 Å². The average molecular weight is 260 g/mol. The third-order valence-electron chi connectivity index (χ3n) is 3.58. The second-order valence-electron chi connectivity index (χ2n) is 6.14. The molecule has 19 heavy (non-hydrogen) atoms. The van der Waals surface area contributed by atoms with E-state index in [-0.39, 0.29) is 17.2 Å². The highest BCUT2D eigenvalue weighted by Crippen LogP contribution is 2.36. The van der Waals surface area contributed by atoms with Crippen molar-refractivity contribution in [1.29, 1.82) is 0 Å². The molecule has 4 nitrogen and oxygen atoms in total. The zero-order chi connectivity index (χ0) is 14.4. The van der Waals surface area contributed by atoms with Crippen molar-refractivity contribution >= 4 is 23.2 Å². The third-order valence-corrected chi connectivity index (χ3v) is 3.58. The smallest absolute Gasteiger partial charge is 0.234 e. The summed E-state index contributed by atoms with van der Waals surface area (Å²) < 4.78 is 0. The average Bonchev–Trinajstić information content (AvgIpc) is 2.22. The van der Waals surface area contributed by atoms with Gasteiger partial charge in [0.2, 0.25) is 11.8 Å². The molecule has 0 spiro atoms. The normalized spacial score (nSPS) is 18.8. The second-order valence-corrected chi connectivity index (χ2v) is 6.14. The zero-order valence-electron chi connectivity index (χ0n) is 11.9. The Morgan fingerprint density at radius 2 is 1.58 bits per heavy atom. The number of nitrogens with zero attached hydrogens (tertiary/aromatic N) is 1. The van der Waals surface area contributed by atoms with Crippen LogP contribution in [0.3, 0.4) is 0 Å². The summed E-state index contributed by atoms with van der Waals surface area (Å²) in [6.07, 6.45) is 0.781. The fourth-order valence-corrected chi connectivity index (χ4v) is 2.51. The van der Waals surface area contributed by atoms with Gasteiger partial charge in [-0.25, -0.2) is 0 Å².